The average molecular weight is 251 g/mol. The van der Waals surface area contributed by atoms with Crippen LogP contribution in [0.1, 0.15) is 25.3 Å². The molecule has 0 bridgehead atoms. The van der Waals surface area contributed by atoms with Gasteiger partial charge in [-0.05, 0) is 37.0 Å². The second kappa shape index (κ2) is 5.25. The molecular weight excluding hydrogens is 233 g/mol. The predicted molar refractivity (Wildman–Crippen MR) is 69.5 cm³/mol. The van der Waals surface area contributed by atoms with Gasteiger partial charge in [-0.1, -0.05) is 12.1 Å². The Morgan fingerprint density at radius 2 is 2.33 bits per heavy atom. The molecule has 0 aromatic heterocycles. The smallest absolute Gasteiger partial charge is 0.170 e. The SMILES string of the molecule is CC1CCCN(c2ccc(/C(N)=N/O)cc2F)C1. The fraction of sp³-hybridized carbons (Fsp3) is 0.462. The Morgan fingerprint density at radius 3 is 2.94 bits per heavy atom. The second-order valence-corrected chi connectivity index (χ2v) is 4.84. The molecule has 1 unspecified atom stereocenters. The molecule has 0 amide bonds. The van der Waals surface area contributed by atoms with Gasteiger partial charge < -0.3 is 15.8 Å². The molecule has 98 valence electrons. The lowest BCUT2D eigenvalue weighted by atomic mass is 9.99. The van der Waals surface area contributed by atoms with Crippen LogP contribution in [0.5, 0.6) is 0 Å². The third-order valence-corrected chi connectivity index (χ3v) is 3.35. The quantitative estimate of drug-likeness (QED) is 0.366. The van der Waals surface area contributed by atoms with Crippen molar-refractivity contribution >= 4 is 11.5 Å². The molecule has 0 radical (unpaired) electrons. The molecule has 0 saturated carbocycles. The van der Waals surface area contributed by atoms with Crippen LogP contribution in [-0.4, -0.2) is 24.1 Å². The van der Waals surface area contributed by atoms with E-state index in [0.29, 0.717) is 17.2 Å². The van der Waals surface area contributed by atoms with E-state index in [-0.39, 0.29) is 11.7 Å². The third-order valence-electron chi connectivity index (χ3n) is 3.35. The summed E-state index contributed by atoms with van der Waals surface area (Å²) in [6, 6.07) is 4.68. The van der Waals surface area contributed by atoms with E-state index in [1.54, 1.807) is 12.1 Å². The van der Waals surface area contributed by atoms with Gasteiger partial charge >= 0.3 is 0 Å². The summed E-state index contributed by atoms with van der Waals surface area (Å²) in [5, 5.41) is 11.4. The zero-order chi connectivity index (χ0) is 13.1. The van der Waals surface area contributed by atoms with Crippen LogP contribution in [0.4, 0.5) is 10.1 Å². The molecule has 5 heteroatoms. The Hall–Kier alpha value is -1.78. The first kappa shape index (κ1) is 12.7. The summed E-state index contributed by atoms with van der Waals surface area (Å²) in [5.74, 6) is 0.183. The molecule has 1 atom stereocenters. The lowest BCUT2D eigenvalue weighted by Crippen LogP contribution is -2.34. The number of rotatable bonds is 2. The number of hydrogen-bond acceptors (Lipinski definition) is 3. The highest BCUT2D eigenvalue weighted by molar-refractivity contribution is 5.97. The van der Waals surface area contributed by atoms with Crippen molar-refractivity contribution in [3.05, 3.63) is 29.6 Å². The van der Waals surface area contributed by atoms with Gasteiger partial charge in [0.1, 0.15) is 5.82 Å². The van der Waals surface area contributed by atoms with E-state index < -0.39 is 0 Å². The molecule has 0 spiro atoms. The van der Waals surface area contributed by atoms with Gasteiger partial charge in [-0.3, -0.25) is 0 Å². The van der Waals surface area contributed by atoms with Crippen LogP contribution in [0.15, 0.2) is 23.4 Å². The zero-order valence-electron chi connectivity index (χ0n) is 10.4. The average Bonchev–Trinajstić information content (AvgIpc) is 2.37. The number of piperidine rings is 1. The van der Waals surface area contributed by atoms with Crippen molar-refractivity contribution in [2.75, 3.05) is 18.0 Å². The summed E-state index contributed by atoms with van der Waals surface area (Å²) in [6.45, 7) is 3.93. The van der Waals surface area contributed by atoms with Crippen molar-refractivity contribution in [3.8, 4) is 0 Å². The van der Waals surface area contributed by atoms with E-state index >= 15 is 0 Å². The molecule has 1 heterocycles. The fourth-order valence-corrected chi connectivity index (χ4v) is 2.39. The normalized spacial score (nSPS) is 21.1. The van der Waals surface area contributed by atoms with Crippen LogP contribution in [0.3, 0.4) is 0 Å². The maximum absolute atomic E-state index is 14.0. The summed E-state index contributed by atoms with van der Waals surface area (Å²) < 4.78 is 14.0. The van der Waals surface area contributed by atoms with E-state index in [9.17, 15) is 4.39 Å². The zero-order valence-corrected chi connectivity index (χ0v) is 10.4. The van der Waals surface area contributed by atoms with Gasteiger partial charge in [-0.15, -0.1) is 0 Å². The van der Waals surface area contributed by atoms with Gasteiger partial charge in [0, 0.05) is 18.7 Å². The number of anilines is 1. The number of nitrogens with two attached hydrogens (primary N) is 1. The van der Waals surface area contributed by atoms with Gasteiger partial charge in [0.05, 0.1) is 5.69 Å². The summed E-state index contributed by atoms with van der Waals surface area (Å²) in [6.07, 6.45) is 2.28. The predicted octanol–water partition coefficient (Wildman–Crippen LogP) is 2.16. The van der Waals surface area contributed by atoms with E-state index in [0.717, 1.165) is 19.5 Å². The minimum absolute atomic E-state index is 0.0764. The highest BCUT2D eigenvalue weighted by atomic mass is 19.1. The van der Waals surface area contributed by atoms with E-state index in [2.05, 4.69) is 17.0 Å². The highest BCUT2D eigenvalue weighted by Gasteiger charge is 2.19. The topological polar surface area (TPSA) is 61.8 Å². The Kier molecular flexibility index (Phi) is 3.69. The molecule has 18 heavy (non-hydrogen) atoms. The second-order valence-electron chi connectivity index (χ2n) is 4.84. The highest BCUT2D eigenvalue weighted by Crippen LogP contribution is 2.26. The lowest BCUT2D eigenvalue weighted by Gasteiger charge is -2.33. The standard InChI is InChI=1S/C13H18FN3O/c1-9-3-2-6-17(8-9)12-5-4-10(7-11(12)14)13(15)16-18/h4-5,7,9,18H,2-3,6,8H2,1H3,(H2,15,16). The minimum Gasteiger partial charge on any atom is -0.409 e. The Bertz CT molecular complexity index is 462. The van der Waals surface area contributed by atoms with Crippen molar-refractivity contribution < 1.29 is 9.60 Å². The Balaban J connectivity index is 2.24. The van der Waals surface area contributed by atoms with E-state index in [1.807, 2.05) is 0 Å². The number of hydrogen-bond donors (Lipinski definition) is 2. The molecule has 1 saturated heterocycles. The van der Waals surface area contributed by atoms with Gasteiger partial charge in [0.25, 0.3) is 0 Å². The third kappa shape index (κ3) is 2.55. The number of halogens is 1. The van der Waals surface area contributed by atoms with E-state index in [1.165, 1.54) is 12.5 Å². The van der Waals surface area contributed by atoms with Crippen LogP contribution in [0.25, 0.3) is 0 Å². The summed E-state index contributed by atoms with van der Waals surface area (Å²) in [5.41, 5.74) is 6.42. The first-order chi connectivity index (χ1) is 8.61. The van der Waals surface area contributed by atoms with Crippen molar-refractivity contribution in [3.63, 3.8) is 0 Å². The van der Waals surface area contributed by atoms with Crippen molar-refractivity contribution in [1.82, 2.24) is 0 Å². The van der Waals surface area contributed by atoms with Crippen molar-refractivity contribution in [2.45, 2.75) is 19.8 Å². The lowest BCUT2D eigenvalue weighted by molar-refractivity contribution is 0.318. The monoisotopic (exact) mass is 251 g/mol. The molecular formula is C13H18FN3O. The van der Waals surface area contributed by atoms with Crippen molar-refractivity contribution in [1.29, 1.82) is 0 Å². The van der Waals surface area contributed by atoms with Gasteiger partial charge in [-0.25, -0.2) is 4.39 Å². The van der Waals surface area contributed by atoms with Crippen LogP contribution in [0.2, 0.25) is 0 Å². The van der Waals surface area contributed by atoms with Crippen LogP contribution < -0.4 is 10.6 Å². The number of benzene rings is 1. The first-order valence-corrected chi connectivity index (χ1v) is 6.14. The molecule has 0 aliphatic carbocycles. The van der Waals surface area contributed by atoms with Gasteiger partial charge in [0.15, 0.2) is 5.84 Å². The number of oxime groups is 1. The molecule has 2 rings (SSSR count). The minimum atomic E-state index is -0.326. The molecule has 4 nitrogen and oxygen atoms in total. The fourth-order valence-electron chi connectivity index (χ4n) is 2.39. The van der Waals surface area contributed by atoms with Gasteiger partial charge in [0.2, 0.25) is 0 Å². The van der Waals surface area contributed by atoms with Crippen molar-refractivity contribution in [2.24, 2.45) is 16.8 Å². The molecule has 1 aromatic rings. The Morgan fingerprint density at radius 1 is 1.56 bits per heavy atom. The van der Waals surface area contributed by atoms with Crippen LogP contribution in [-0.2, 0) is 0 Å². The molecule has 3 N–H and O–H groups in total. The number of nitrogens with zero attached hydrogens (tertiary/aromatic N) is 2. The summed E-state index contributed by atoms with van der Waals surface area (Å²) >= 11 is 0. The molecule has 1 aromatic carbocycles. The molecule has 1 aliphatic rings. The number of amidine groups is 1. The summed E-state index contributed by atoms with van der Waals surface area (Å²) in [4.78, 5) is 2.06. The van der Waals surface area contributed by atoms with E-state index in [4.69, 9.17) is 10.9 Å². The van der Waals surface area contributed by atoms with Gasteiger partial charge in [-0.2, -0.15) is 0 Å². The largest absolute Gasteiger partial charge is 0.409 e. The van der Waals surface area contributed by atoms with Crippen LogP contribution in [0, 0.1) is 11.7 Å². The maximum Gasteiger partial charge on any atom is 0.170 e. The summed E-state index contributed by atoms with van der Waals surface area (Å²) in [7, 11) is 0. The molecule has 1 aliphatic heterocycles. The van der Waals surface area contributed by atoms with Crippen LogP contribution >= 0.6 is 0 Å². The maximum atomic E-state index is 14.0. The molecule has 1 fully saturated rings. The Labute approximate surface area is 106 Å². The first-order valence-electron chi connectivity index (χ1n) is 6.14.